The van der Waals surface area contributed by atoms with Crippen LogP contribution in [0.4, 0.5) is 0 Å². The van der Waals surface area contributed by atoms with E-state index in [0.717, 1.165) is 10.8 Å². The van der Waals surface area contributed by atoms with Crippen molar-refractivity contribution in [2.45, 2.75) is 0 Å². The quantitative estimate of drug-likeness (QED) is 0.318. The average Bonchev–Trinajstić information content (AvgIpc) is 1.35. The molecule has 0 amide bonds. The van der Waals surface area contributed by atoms with Gasteiger partial charge in [0.05, 0.1) is 11.4 Å². The molecule has 0 aromatic rings. The Kier molecular flexibility index (Phi) is 3.88. The van der Waals surface area contributed by atoms with Crippen molar-refractivity contribution in [1.82, 2.24) is 0 Å². The standard InChI is InChI=1S/C2H3BOS2/c3-2(4)1-6-5/h5H,1H2. The maximum atomic E-state index is 9.75. The molecular weight excluding hydrogens is 115 g/mol. The molecule has 1 nitrogen and oxygen atoms in total. The van der Waals surface area contributed by atoms with Crippen molar-refractivity contribution in [3.05, 3.63) is 0 Å². The minimum absolute atomic E-state index is 0.295. The molecule has 0 N–H and O–H groups in total. The number of hydrogen-bond donors (Lipinski definition) is 1. The summed E-state index contributed by atoms with van der Waals surface area (Å²) in [4.78, 5) is 9.75. The van der Waals surface area contributed by atoms with Crippen molar-refractivity contribution < 1.29 is 4.79 Å². The number of rotatable bonds is 2. The summed E-state index contributed by atoms with van der Waals surface area (Å²) in [5, 5.41) is 0. The third-order valence-electron chi connectivity index (χ3n) is 0.207. The molecule has 0 saturated carbocycles. The second-order valence-corrected chi connectivity index (χ2v) is 2.06. The molecule has 0 aliphatic carbocycles. The number of thiol groups is 1. The molecule has 0 saturated heterocycles. The van der Waals surface area contributed by atoms with E-state index in [-0.39, 0.29) is 5.68 Å². The summed E-state index contributed by atoms with van der Waals surface area (Å²) in [6.45, 7) is 0. The van der Waals surface area contributed by atoms with Crippen LogP contribution in [0.2, 0.25) is 0 Å². The normalized spacial score (nSPS) is 8.17. The molecule has 0 heterocycles. The van der Waals surface area contributed by atoms with Crippen LogP contribution in [0.1, 0.15) is 0 Å². The summed E-state index contributed by atoms with van der Waals surface area (Å²) in [7, 11) is 5.82. The Bertz CT molecular complexity index is 55.5. The summed E-state index contributed by atoms with van der Waals surface area (Å²) >= 11 is 3.68. The van der Waals surface area contributed by atoms with Gasteiger partial charge in [0, 0.05) is 0 Å². The van der Waals surface area contributed by atoms with E-state index in [0.29, 0.717) is 5.75 Å². The fourth-order valence-electron chi connectivity index (χ4n) is 0.0636. The van der Waals surface area contributed by atoms with Crippen LogP contribution in [0.5, 0.6) is 0 Å². The van der Waals surface area contributed by atoms with Crippen LogP contribution in [0, 0.1) is 0 Å². The van der Waals surface area contributed by atoms with Gasteiger partial charge in [0.2, 0.25) is 0 Å². The molecule has 0 aliphatic heterocycles. The van der Waals surface area contributed by atoms with Gasteiger partial charge < -0.3 is 4.79 Å². The third kappa shape index (κ3) is 4.43. The fourth-order valence-corrected chi connectivity index (χ4v) is 0.573. The van der Waals surface area contributed by atoms with Crippen molar-refractivity contribution in [2.75, 3.05) is 5.75 Å². The van der Waals surface area contributed by atoms with E-state index in [1.54, 1.807) is 0 Å². The molecule has 0 aliphatic rings. The lowest BCUT2D eigenvalue weighted by Gasteiger charge is -1.80. The first-order chi connectivity index (χ1) is 2.77. The monoisotopic (exact) mass is 118 g/mol. The highest BCUT2D eigenvalue weighted by atomic mass is 33.1. The first-order valence-electron chi connectivity index (χ1n) is 1.32. The predicted molar refractivity (Wildman–Crippen MR) is 32.2 cm³/mol. The third-order valence-corrected chi connectivity index (χ3v) is 1.01. The van der Waals surface area contributed by atoms with Crippen molar-refractivity contribution in [1.29, 1.82) is 0 Å². The van der Waals surface area contributed by atoms with Gasteiger partial charge >= 0.3 is 0 Å². The smallest absolute Gasteiger partial charge is 0.169 e. The Labute approximate surface area is 47.1 Å². The van der Waals surface area contributed by atoms with Gasteiger partial charge in [0.25, 0.3) is 0 Å². The van der Waals surface area contributed by atoms with E-state index in [1.807, 2.05) is 0 Å². The molecule has 0 rings (SSSR count). The molecule has 0 bridgehead atoms. The first-order valence-corrected chi connectivity index (χ1v) is 3.36. The van der Waals surface area contributed by atoms with Gasteiger partial charge in [-0.3, -0.25) is 0 Å². The van der Waals surface area contributed by atoms with E-state index in [9.17, 15) is 4.79 Å². The molecule has 0 aromatic heterocycles. The van der Waals surface area contributed by atoms with E-state index in [2.05, 4.69) is 11.7 Å². The zero-order valence-electron chi connectivity index (χ0n) is 3.05. The number of hydrogen-bond acceptors (Lipinski definition) is 3. The van der Waals surface area contributed by atoms with Crippen LogP contribution in [-0.2, 0) is 4.79 Å². The lowest BCUT2D eigenvalue weighted by molar-refractivity contribution is -0.109. The van der Waals surface area contributed by atoms with E-state index in [1.165, 1.54) is 0 Å². The van der Waals surface area contributed by atoms with Crippen LogP contribution >= 0.6 is 22.5 Å². The van der Waals surface area contributed by atoms with Crippen molar-refractivity contribution in [3.8, 4) is 0 Å². The first kappa shape index (κ1) is 6.43. The Morgan fingerprint density at radius 3 is 2.50 bits per heavy atom. The summed E-state index contributed by atoms with van der Waals surface area (Å²) in [6.07, 6.45) is 0. The van der Waals surface area contributed by atoms with Crippen LogP contribution in [-0.4, -0.2) is 19.3 Å². The van der Waals surface area contributed by atoms with Gasteiger partial charge in [-0.1, -0.05) is 10.8 Å². The lowest BCUT2D eigenvalue weighted by atomic mass is 10.1. The van der Waals surface area contributed by atoms with Crippen molar-refractivity contribution in [2.24, 2.45) is 0 Å². The molecule has 0 unspecified atom stereocenters. The summed E-state index contributed by atoms with van der Waals surface area (Å²) in [5.41, 5.74) is -0.324. The molecule has 0 atom stereocenters. The molecular formula is C2H3BOS2. The molecule has 0 fully saturated rings. The van der Waals surface area contributed by atoms with E-state index in [4.69, 9.17) is 7.85 Å². The highest BCUT2D eigenvalue weighted by Gasteiger charge is 1.84. The Morgan fingerprint density at radius 1 is 2.00 bits per heavy atom. The maximum Gasteiger partial charge on any atom is 0.169 e. The Morgan fingerprint density at radius 2 is 2.50 bits per heavy atom. The van der Waals surface area contributed by atoms with Crippen LogP contribution in [0.15, 0.2) is 0 Å². The van der Waals surface area contributed by atoms with Gasteiger partial charge in [0.1, 0.15) is 0 Å². The van der Waals surface area contributed by atoms with Gasteiger partial charge in [-0.2, -0.15) is 0 Å². The van der Waals surface area contributed by atoms with Crippen LogP contribution in [0.3, 0.4) is 0 Å². The highest BCUT2D eigenvalue weighted by Crippen LogP contribution is 2.01. The van der Waals surface area contributed by atoms with Crippen molar-refractivity contribution >= 4 is 36.0 Å². The Hall–Kier alpha value is 0.435. The van der Waals surface area contributed by atoms with Gasteiger partial charge in [-0.05, 0) is 0 Å². The number of carbonyl (C=O) groups is 1. The molecule has 4 heteroatoms. The van der Waals surface area contributed by atoms with Gasteiger partial charge in [-0.25, -0.2) is 0 Å². The van der Waals surface area contributed by atoms with Crippen molar-refractivity contribution in [3.63, 3.8) is 0 Å². The highest BCUT2D eigenvalue weighted by molar-refractivity contribution is 8.68. The summed E-state index contributed by atoms with van der Waals surface area (Å²) in [6, 6.07) is 0. The average molecular weight is 118 g/mol. The maximum absolute atomic E-state index is 9.75. The van der Waals surface area contributed by atoms with Crippen LogP contribution in [0.25, 0.3) is 0 Å². The molecule has 0 aromatic carbocycles. The fraction of sp³-hybridized carbons (Fsp3) is 0.500. The topological polar surface area (TPSA) is 17.1 Å². The Balaban J connectivity index is 2.83. The summed E-state index contributed by atoms with van der Waals surface area (Å²) < 4.78 is 0. The predicted octanol–water partition coefficient (Wildman–Crippen LogP) is 0.259. The SMILES string of the molecule is [B]C(=O)CSS. The molecule has 6 heavy (non-hydrogen) atoms. The van der Waals surface area contributed by atoms with Gasteiger partial charge in [-0.15, -0.1) is 11.7 Å². The molecule has 0 spiro atoms. The van der Waals surface area contributed by atoms with Crippen LogP contribution < -0.4 is 0 Å². The minimum atomic E-state index is -0.324. The lowest BCUT2D eigenvalue weighted by Crippen LogP contribution is -1.96. The van der Waals surface area contributed by atoms with Gasteiger partial charge in [0.15, 0.2) is 7.85 Å². The molecule has 32 valence electrons. The largest absolute Gasteiger partial charge is 0.312 e. The zero-order chi connectivity index (χ0) is 4.99. The zero-order valence-corrected chi connectivity index (χ0v) is 4.76. The number of carbonyl (C=O) groups excluding carboxylic acids is 1. The summed E-state index contributed by atoms with van der Waals surface area (Å²) in [5.74, 6) is 0.295. The van der Waals surface area contributed by atoms with E-state index >= 15 is 0 Å². The second kappa shape index (κ2) is 3.62. The van der Waals surface area contributed by atoms with E-state index < -0.39 is 0 Å². The minimum Gasteiger partial charge on any atom is -0.312 e. The second-order valence-electron chi connectivity index (χ2n) is 0.740. The molecule has 2 radical (unpaired) electrons.